The van der Waals surface area contributed by atoms with E-state index in [1.165, 1.54) is 19.1 Å². The average Bonchev–Trinajstić information content (AvgIpc) is 3.13. The van der Waals surface area contributed by atoms with Gasteiger partial charge in [-0.1, -0.05) is 12.1 Å². The second kappa shape index (κ2) is 7.71. The zero-order valence-corrected chi connectivity index (χ0v) is 16.7. The summed E-state index contributed by atoms with van der Waals surface area (Å²) in [6.45, 7) is 2.96. The van der Waals surface area contributed by atoms with Gasteiger partial charge in [-0.2, -0.15) is 0 Å². The van der Waals surface area contributed by atoms with Crippen LogP contribution in [0.2, 0.25) is 0 Å². The zero-order chi connectivity index (χ0) is 22.3. The first-order valence-electron chi connectivity index (χ1n) is 9.48. The Labute approximate surface area is 175 Å². The molecule has 0 bridgehead atoms. The molecule has 0 aliphatic carbocycles. The maximum absolute atomic E-state index is 13.3. The molecule has 2 aromatic heterocycles. The van der Waals surface area contributed by atoms with Gasteiger partial charge in [0.2, 0.25) is 5.91 Å². The second-order valence-electron chi connectivity index (χ2n) is 7.28. The number of benzene rings is 2. The number of carbonyl (C=O) groups excluding carboxylic acids is 2. The van der Waals surface area contributed by atoms with Crippen LogP contribution in [0.5, 0.6) is 0 Å². The number of carboxylic acid groups (broad SMARTS) is 1. The number of carboxylic acids is 1. The van der Waals surface area contributed by atoms with E-state index in [-0.39, 0.29) is 17.8 Å². The summed E-state index contributed by atoms with van der Waals surface area (Å²) in [5.41, 5.74) is 2.25. The van der Waals surface area contributed by atoms with Gasteiger partial charge >= 0.3 is 5.63 Å². The van der Waals surface area contributed by atoms with E-state index in [1.807, 2.05) is 0 Å². The first-order valence-corrected chi connectivity index (χ1v) is 9.48. The molecule has 0 aliphatic heterocycles. The molecule has 8 heteroatoms. The standard InChI is InChI=1S/C23H18FNO6/c1-11-15-7-17-18(13-3-5-14(24)6-4-13)10-30-19(17)9-20(15)31-23(29)16(11)8-21(26)25-12(2)22(27)28/h3-7,9-10,12H,8H2,1-2H3,(H,25,26)(H,27,28)/p-1/t12-/m0/s1. The van der Waals surface area contributed by atoms with Crippen LogP contribution in [0.15, 0.2) is 56.3 Å². The Hall–Kier alpha value is -3.94. The topological polar surface area (TPSA) is 113 Å². The van der Waals surface area contributed by atoms with Crippen LogP contribution in [0.25, 0.3) is 33.1 Å². The molecule has 31 heavy (non-hydrogen) atoms. The molecule has 0 aliphatic rings. The molecule has 158 valence electrons. The predicted molar refractivity (Wildman–Crippen MR) is 109 cm³/mol. The minimum atomic E-state index is -1.42. The van der Waals surface area contributed by atoms with E-state index in [0.29, 0.717) is 22.1 Å². The van der Waals surface area contributed by atoms with Gasteiger partial charge in [-0.05, 0) is 43.2 Å². The second-order valence-corrected chi connectivity index (χ2v) is 7.28. The molecule has 2 aromatic carbocycles. The van der Waals surface area contributed by atoms with Crippen LogP contribution in [0.4, 0.5) is 4.39 Å². The van der Waals surface area contributed by atoms with E-state index in [2.05, 4.69) is 5.32 Å². The summed E-state index contributed by atoms with van der Waals surface area (Å²) in [5, 5.41) is 14.4. The molecule has 7 nitrogen and oxygen atoms in total. The van der Waals surface area contributed by atoms with Crippen LogP contribution in [-0.4, -0.2) is 17.9 Å². The van der Waals surface area contributed by atoms with Crippen molar-refractivity contribution in [3.8, 4) is 11.1 Å². The third-order valence-electron chi connectivity index (χ3n) is 5.21. The summed E-state index contributed by atoms with van der Waals surface area (Å²) in [4.78, 5) is 35.5. The number of nitrogens with one attached hydrogen (secondary N) is 1. The largest absolute Gasteiger partial charge is 0.548 e. The number of aryl methyl sites for hydroxylation is 1. The number of halogens is 1. The molecule has 0 saturated heterocycles. The highest BCUT2D eigenvalue weighted by Crippen LogP contribution is 2.34. The van der Waals surface area contributed by atoms with Crippen LogP contribution in [0, 0.1) is 12.7 Å². The maximum Gasteiger partial charge on any atom is 0.340 e. The van der Waals surface area contributed by atoms with Gasteiger partial charge in [-0.3, -0.25) is 4.79 Å². The van der Waals surface area contributed by atoms with Gasteiger partial charge in [0.25, 0.3) is 0 Å². The fourth-order valence-corrected chi connectivity index (χ4v) is 3.48. The molecule has 1 atom stereocenters. The lowest BCUT2D eigenvalue weighted by Crippen LogP contribution is -2.46. The van der Waals surface area contributed by atoms with Crippen molar-refractivity contribution in [2.45, 2.75) is 26.3 Å². The summed E-state index contributed by atoms with van der Waals surface area (Å²) in [7, 11) is 0. The monoisotopic (exact) mass is 422 g/mol. The predicted octanol–water partition coefficient (Wildman–Crippen LogP) is 2.45. The molecule has 0 unspecified atom stereocenters. The molecule has 1 amide bonds. The molecular weight excluding hydrogens is 405 g/mol. The molecule has 0 spiro atoms. The number of aliphatic carboxylic acids is 1. The van der Waals surface area contributed by atoms with Crippen LogP contribution >= 0.6 is 0 Å². The smallest absolute Gasteiger partial charge is 0.340 e. The Kier molecular flexibility index (Phi) is 5.06. The van der Waals surface area contributed by atoms with Gasteiger partial charge in [-0.15, -0.1) is 0 Å². The van der Waals surface area contributed by atoms with E-state index >= 15 is 0 Å². The van der Waals surface area contributed by atoms with Crippen LogP contribution in [-0.2, 0) is 16.0 Å². The molecule has 4 aromatic rings. The zero-order valence-electron chi connectivity index (χ0n) is 16.7. The number of furan rings is 1. The van der Waals surface area contributed by atoms with Crippen molar-refractivity contribution >= 4 is 33.8 Å². The fraction of sp³-hybridized carbons (Fsp3) is 0.174. The number of hydrogen-bond acceptors (Lipinski definition) is 6. The molecular formula is C23H17FNO6-. The molecule has 0 radical (unpaired) electrons. The Morgan fingerprint density at radius 2 is 1.84 bits per heavy atom. The van der Waals surface area contributed by atoms with Gasteiger partial charge < -0.3 is 24.1 Å². The van der Waals surface area contributed by atoms with Gasteiger partial charge in [0.05, 0.1) is 30.3 Å². The van der Waals surface area contributed by atoms with Crippen molar-refractivity contribution in [3.63, 3.8) is 0 Å². The van der Waals surface area contributed by atoms with E-state index in [4.69, 9.17) is 8.83 Å². The van der Waals surface area contributed by atoms with Crippen molar-refractivity contribution in [1.82, 2.24) is 5.32 Å². The maximum atomic E-state index is 13.3. The Balaban J connectivity index is 1.79. The lowest BCUT2D eigenvalue weighted by molar-refractivity contribution is -0.307. The quantitative estimate of drug-likeness (QED) is 0.495. The Morgan fingerprint density at radius 1 is 1.13 bits per heavy atom. The van der Waals surface area contributed by atoms with Crippen molar-refractivity contribution in [3.05, 3.63) is 70.0 Å². The van der Waals surface area contributed by atoms with Crippen LogP contribution in [0.3, 0.4) is 0 Å². The number of carbonyl (C=O) groups is 2. The highest BCUT2D eigenvalue weighted by Gasteiger charge is 2.18. The Bertz CT molecular complexity index is 1380. The van der Waals surface area contributed by atoms with Crippen molar-refractivity contribution < 1.29 is 27.9 Å². The number of hydrogen-bond donors (Lipinski definition) is 1. The number of amides is 1. The minimum Gasteiger partial charge on any atom is -0.548 e. The van der Waals surface area contributed by atoms with Crippen LogP contribution in [0.1, 0.15) is 18.1 Å². The van der Waals surface area contributed by atoms with E-state index in [9.17, 15) is 23.9 Å². The number of rotatable bonds is 5. The summed E-state index contributed by atoms with van der Waals surface area (Å²) >= 11 is 0. The third-order valence-corrected chi connectivity index (χ3v) is 5.21. The van der Waals surface area contributed by atoms with E-state index < -0.39 is 23.5 Å². The third kappa shape index (κ3) is 3.79. The van der Waals surface area contributed by atoms with Crippen molar-refractivity contribution in [2.24, 2.45) is 0 Å². The first kappa shape index (κ1) is 20.3. The van der Waals surface area contributed by atoms with Crippen molar-refractivity contribution in [1.29, 1.82) is 0 Å². The van der Waals surface area contributed by atoms with Crippen LogP contribution < -0.4 is 16.0 Å². The molecule has 1 N–H and O–H groups in total. The molecule has 4 rings (SSSR count). The molecule has 0 fully saturated rings. The highest BCUT2D eigenvalue weighted by atomic mass is 19.1. The summed E-state index contributed by atoms with van der Waals surface area (Å²) in [5.74, 6) is -2.41. The lowest BCUT2D eigenvalue weighted by Gasteiger charge is -2.15. The molecule has 0 saturated carbocycles. The lowest BCUT2D eigenvalue weighted by atomic mass is 9.99. The van der Waals surface area contributed by atoms with E-state index in [1.54, 1.807) is 37.5 Å². The van der Waals surface area contributed by atoms with E-state index in [0.717, 1.165) is 16.5 Å². The minimum absolute atomic E-state index is 0.127. The first-order chi connectivity index (χ1) is 14.7. The Morgan fingerprint density at radius 3 is 2.52 bits per heavy atom. The van der Waals surface area contributed by atoms with Gasteiger partial charge in [0.15, 0.2) is 0 Å². The summed E-state index contributed by atoms with van der Waals surface area (Å²) in [6.07, 6.45) is 1.20. The fourth-order valence-electron chi connectivity index (χ4n) is 3.48. The van der Waals surface area contributed by atoms with Gasteiger partial charge in [0, 0.05) is 22.4 Å². The highest BCUT2D eigenvalue weighted by molar-refractivity contribution is 6.02. The normalized spacial score (nSPS) is 12.2. The number of fused-ring (bicyclic) bond motifs is 2. The average molecular weight is 422 g/mol. The van der Waals surface area contributed by atoms with Gasteiger partial charge in [-0.25, -0.2) is 9.18 Å². The summed E-state index contributed by atoms with van der Waals surface area (Å²) < 4.78 is 24.3. The van der Waals surface area contributed by atoms with Crippen molar-refractivity contribution in [2.75, 3.05) is 0 Å². The molecule has 2 heterocycles. The van der Waals surface area contributed by atoms with Gasteiger partial charge in [0.1, 0.15) is 17.0 Å². The SMILES string of the molecule is Cc1c(CC(=O)N[C@@H](C)C(=O)[O-])c(=O)oc2cc3occ(-c4ccc(F)cc4)c3cc12. The summed E-state index contributed by atoms with van der Waals surface area (Å²) in [6, 6.07) is 8.16.